The molecule has 148 valence electrons. The third-order valence-corrected chi connectivity index (χ3v) is 9.78. The second kappa shape index (κ2) is 7.13. The Balaban J connectivity index is 1.67. The fourth-order valence-corrected chi connectivity index (χ4v) is 8.50. The lowest BCUT2D eigenvalue weighted by atomic mass is 9.34. The lowest BCUT2D eigenvalue weighted by molar-refractivity contribution is 0.0348. The predicted octanol–water partition coefficient (Wildman–Crippen LogP) is 6.76. The van der Waals surface area contributed by atoms with Crippen molar-refractivity contribution in [2.45, 2.75) is 122 Å². The van der Waals surface area contributed by atoms with Crippen molar-refractivity contribution in [2.75, 3.05) is 6.54 Å². The number of unbranched alkanes of at least 4 members (excludes halogenated alkanes) is 2. The Kier molecular flexibility index (Phi) is 5.30. The predicted molar refractivity (Wildman–Crippen MR) is 115 cm³/mol. The Hall–Kier alpha value is 0.0249. The molecule has 4 fully saturated rings. The molecule has 0 aromatic rings. The molecule has 0 bridgehead atoms. The minimum Gasteiger partial charge on any atom is -0.298 e. The van der Waals surface area contributed by atoms with Crippen LogP contribution in [-0.4, -0.2) is 30.2 Å². The van der Waals surface area contributed by atoms with Crippen molar-refractivity contribution in [3.8, 4) is 0 Å². The van der Waals surface area contributed by atoms with Gasteiger partial charge in [0.1, 0.15) is 0 Å². The molecule has 3 heterocycles. The number of hydrogen-bond acceptors (Lipinski definition) is 1. The normalized spacial score (nSPS) is 45.6. The largest absolute Gasteiger partial charge is 0.298 e. The topological polar surface area (TPSA) is 3.24 Å². The van der Waals surface area contributed by atoms with Crippen molar-refractivity contribution in [3.63, 3.8) is 0 Å². The average Bonchev–Trinajstić information content (AvgIpc) is 3.22. The maximum Gasteiger partial charge on any atom is 0.154 e. The number of rotatable bonds is 7. The highest BCUT2D eigenvalue weighted by Crippen LogP contribution is 2.89. The number of nitrogens with zero attached hydrogens (tertiary/aromatic N) is 1. The SMILES string of the molecule is CCCCCC1C(C)CC23CCCC4C(B2C43)C(C(C)C(C)C)N1CC. The molecule has 4 aliphatic rings. The Labute approximate surface area is 164 Å². The molecule has 0 amide bonds. The highest BCUT2D eigenvalue weighted by Gasteiger charge is 2.82. The molecule has 1 saturated carbocycles. The summed E-state index contributed by atoms with van der Waals surface area (Å²) in [5.74, 6) is 5.85. The molecule has 0 aromatic carbocycles. The minimum atomic E-state index is 0.810. The zero-order chi connectivity index (χ0) is 18.6. The summed E-state index contributed by atoms with van der Waals surface area (Å²) in [5.41, 5.74) is 0. The monoisotopic (exact) mass is 357 g/mol. The molecule has 26 heavy (non-hydrogen) atoms. The van der Waals surface area contributed by atoms with Gasteiger partial charge < -0.3 is 0 Å². The first-order valence-electron chi connectivity index (χ1n) is 12.2. The standard InChI is InChI=1S/C24H44BN/c1-7-9-10-13-20-17(5)15-24-14-11-12-19-21(25(24)23(19)24)22(26(20)8-2)18(6)16(3)4/h16-23H,7-15H2,1-6H3. The van der Waals surface area contributed by atoms with Gasteiger partial charge >= 0.3 is 0 Å². The first kappa shape index (κ1) is 19.3. The van der Waals surface area contributed by atoms with Crippen LogP contribution in [0.1, 0.15) is 92.9 Å². The van der Waals surface area contributed by atoms with Gasteiger partial charge in [-0.05, 0) is 42.5 Å². The van der Waals surface area contributed by atoms with Crippen LogP contribution in [0.2, 0.25) is 16.9 Å². The molecule has 1 aliphatic carbocycles. The van der Waals surface area contributed by atoms with Gasteiger partial charge in [0.15, 0.2) is 6.71 Å². The maximum absolute atomic E-state index is 3.06. The molecule has 4 rings (SSSR count). The Morgan fingerprint density at radius 3 is 2.58 bits per heavy atom. The van der Waals surface area contributed by atoms with Gasteiger partial charge in [-0.3, -0.25) is 4.90 Å². The molecule has 0 N–H and O–H groups in total. The molecular formula is C24H44BN. The van der Waals surface area contributed by atoms with E-state index in [0.717, 1.165) is 59.4 Å². The van der Waals surface area contributed by atoms with Gasteiger partial charge in [-0.25, -0.2) is 0 Å². The first-order valence-corrected chi connectivity index (χ1v) is 12.2. The van der Waals surface area contributed by atoms with E-state index < -0.39 is 0 Å². The second-order valence-electron chi connectivity index (χ2n) is 11.1. The molecule has 3 aliphatic heterocycles. The van der Waals surface area contributed by atoms with E-state index in [0.29, 0.717) is 0 Å². The van der Waals surface area contributed by atoms with Crippen LogP contribution in [0.25, 0.3) is 0 Å². The Bertz CT molecular complexity index is 504. The zero-order valence-electron chi connectivity index (χ0n) is 18.5. The summed E-state index contributed by atoms with van der Waals surface area (Å²) < 4.78 is 0. The summed E-state index contributed by atoms with van der Waals surface area (Å²) in [5, 5.41) is 0.810. The van der Waals surface area contributed by atoms with Crippen LogP contribution in [0, 0.1) is 23.7 Å². The fourth-order valence-electron chi connectivity index (χ4n) is 8.50. The highest BCUT2D eigenvalue weighted by molar-refractivity contribution is 6.81. The average molecular weight is 357 g/mol. The van der Waals surface area contributed by atoms with Crippen LogP contribution in [0.5, 0.6) is 0 Å². The maximum atomic E-state index is 3.06. The van der Waals surface area contributed by atoms with E-state index in [4.69, 9.17) is 0 Å². The van der Waals surface area contributed by atoms with Crippen LogP contribution >= 0.6 is 0 Å². The van der Waals surface area contributed by atoms with Gasteiger partial charge in [-0.15, -0.1) is 0 Å². The van der Waals surface area contributed by atoms with Crippen molar-refractivity contribution >= 4 is 6.71 Å². The van der Waals surface area contributed by atoms with Crippen molar-refractivity contribution in [1.82, 2.24) is 4.90 Å². The molecule has 8 unspecified atom stereocenters. The number of fused-ring (bicyclic) bond motifs is 1. The third-order valence-electron chi connectivity index (χ3n) is 9.78. The summed E-state index contributed by atoms with van der Waals surface area (Å²) >= 11 is 0. The molecule has 3 saturated heterocycles. The van der Waals surface area contributed by atoms with Crippen molar-refractivity contribution in [3.05, 3.63) is 0 Å². The third kappa shape index (κ3) is 2.67. The van der Waals surface area contributed by atoms with Crippen molar-refractivity contribution in [2.24, 2.45) is 23.7 Å². The van der Waals surface area contributed by atoms with Gasteiger partial charge in [0.2, 0.25) is 0 Å². The van der Waals surface area contributed by atoms with Gasteiger partial charge in [-0.2, -0.15) is 0 Å². The molecule has 8 atom stereocenters. The van der Waals surface area contributed by atoms with Gasteiger partial charge in [0, 0.05) is 12.1 Å². The molecule has 1 nitrogen and oxygen atoms in total. The lowest BCUT2D eigenvalue weighted by Gasteiger charge is -2.52. The summed E-state index contributed by atoms with van der Waals surface area (Å²) in [6.07, 6.45) is 11.9. The molecule has 0 radical (unpaired) electrons. The van der Waals surface area contributed by atoms with Crippen LogP contribution < -0.4 is 0 Å². The van der Waals surface area contributed by atoms with E-state index in [2.05, 4.69) is 46.4 Å². The van der Waals surface area contributed by atoms with Gasteiger partial charge in [0.25, 0.3) is 0 Å². The van der Waals surface area contributed by atoms with E-state index >= 15 is 0 Å². The van der Waals surface area contributed by atoms with E-state index in [1.165, 1.54) is 38.6 Å². The quantitative estimate of drug-likeness (QED) is 0.359. The molecule has 0 aromatic heterocycles. The minimum absolute atomic E-state index is 0.810. The van der Waals surface area contributed by atoms with Crippen LogP contribution in [0.3, 0.4) is 0 Å². The van der Waals surface area contributed by atoms with Crippen LogP contribution in [0.15, 0.2) is 0 Å². The van der Waals surface area contributed by atoms with Crippen LogP contribution in [0.4, 0.5) is 0 Å². The van der Waals surface area contributed by atoms with Gasteiger partial charge in [0.05, 0.1) is 0 Å². The van der Waals surface area contributed by atoms with E-state index in [-0.39, 0.29) is 0 Å². The Morgan fingerprint density at radius 2 is 1.92 bits per heavy atom. The van der Waals surface area contributed by atoms with Crippen LogP contribution in [-0.2, 0) is 0 Å². The summed E-state index contributed by atoms with van der Waals surface area (Å²) in [6, 6.07) is 1.71. The van der Waals surface area contributed by atoms with E-state index in [1.54, 1.807) is 19.3 Å². The summed E-state index contributed by atoms with van der Waals surface area (Å²) in [4.78, 5) is 3.06. The van der Waals surface area contributed by atoms with Crippen molar-refractivity contribution < 1.29 is 0 Å². The Morgan fingerprint density at radius 1 is 1.15 bits per heavy atom. The second-order valence-corrected chi connectivity index (χ2v) is 11.1. The van der Waals surface area contributed by atoms with E-state index in [9.17, 15) is 0 Å². The van der Waals surface area contributed by atoms with E-state index in [1.807, 2.05) is 0 Å². The molecule has 2 heteroatoms. The van der Waals surface area contributed by atoms with Crippen molar-refractivity contribution in [1.29, 1.82) is 0 Å². The highest BCUT2D eigenvalue weighted by atomic mass is 15.2. The smallest absolute Gasteiger partial charge is 0.154 e. The fraction of sp³-hybridized carbons (Fsp3) is 1.00. The lowest BCUT2D eigenvalue weighted by Crippen LogP contribution is -2.56. The first-order chi connectivity index (χ1) is 12.5. The summed E-state index contributed by atoms with van der Waals surface area (Å²) in [7, 11) is 0. The van der Waals surface area contributed by atoms with Gasteiger partial charge in [-0.1, -0.05) is 97.6 Å². The number of hydrogen-bond donors (Lipinski definition) is 0. The zero-order valence-corrected chi connectivity index (χ0v) is 18.5. The molecular weight excluding hydrogens is 313 g/mol. The summed E-state index contributed by atoms with van der Waals surface area (Å²) in [6.45, 7) is 17.4. The molecule has 1 spiro atoms.